The number of carboxylic acids is 1. The highest BCUT2D eigenvalue weighted by atomic mass is 19.1. The van der Waals surface area contributed by atoms with Crippen molar-refractivity contribution in [3.63, 3.8) is 0 Å². The van der Waals surface area contributed by atoms with Gasteiger partial charge in [0, 0.05) is 0 Å². The van der Waals surface area contributed by atoms with Crippen LogP contribution in [-0.4, -0.2) is 47.2 Å². The second-order valence-corrected chi connectivity index (χ2v) is 6.46. The average Bonchev–Trinajstić information content (AvgIpc) is 2.65. The summed E-state index contributed by atoms with van der Waals surface area (Å²) in [6.45, 7) is 1.62. The van der Waals surface area contributed by atoms with E-state index in [0.717, 1.165) is 0 Å². The Morgan fingerprint density at radius 3 is 2.29 bits per heavy atom. The summed E-state index contributed by atoms with van der Waals surface area (Å²) in [5.74, 6) is -6.23. The summed E-state index contributed by atoms with van der Waals surface area (Å²) in [6, 6.07) is 7.17. The molecule has 1 amide bonds. The van der Waals surface area contributed by atoms with Gasteiger partial charge < -0.3 is 15.2 Å². The molecule has 8 nitrogen and oxygen atoms in total. The Balaban J connectivity index is 2.84. The third-order valence-electron chi connectivity index (χ3n) is 3.91. The minimum absolute atomic E-state index is 0.0868. The number of benzene rings is 1. The van der Waals surface area contributed by atoms with Crippen molar-refractivity contribution in [2.75, 3.05) is 6.67 Å². The summed E-state index contributed by atoms with van der Waals surface area (Å²) < 4.78 is 17.7. The van der Waals surface area contributed by atoms with Gasteiger partial charge in [-0.3, -0.25) is 19.8 Å². The minimum Gasteiger partial charge on any atom is -0.481 e. The van der Waals surface area contributed by atoms with Crippen LogP contribution in [0.3, 0.4) is 0 Å². The monoisotopic (exact) mass is 394 g/mol. The van der Waals surface area contributed by atoms with E-state index in [9.17, 15) is 23.6 Å². The second-order valence-electron chi connectivity index (χ2n) is 6.46. The number of Topliss-reactive ketones (excluding diaryl/α,β-unsaturated/α-hetero) is 1. The number of hydrogen-bond acceptors (Lipinski definition) is 6. The van der Waals surface area contributed by atoms with Crippen LogP contribution in [0.1, 0.15) is 25.8 Å². The highest BCUT2D eigenvalue weighted by molar-refractivity contribution is 6.39. The van der Waals surface area contributed by atoms with Crippen molar-refractivity contribution in [1.82, 2.24) is 5.32 Å². The number of alkyl halides is 1. The molecule has 3 N–H and O–H groups in total. The summed E-state index contributed by atoms with van der Waals surface area (Å²) in [6.07, 6.45) is -0.801. The third-order valence-corrected chi connectivity index (χ3v) is 3.91. The standard InChI is InChI=1S/C19H23FN2O6/c1-11(2)16(18(26)22-13(8-15(24)25)14(23)9-20)17(21)19(27)28-10-12-6-4-3-5-7-12/h3-7,11,13,16,21H,8-10H2,1-2H3,(H,22,26)(H,24,25)/t13?,16-/m1/s1. The quantitative estimate of drug-likeness (QED) is 0.385. The maximum atomic E-state index is 12.6. The van der Waals surface area contributed by atoms with E-state index in [-0.39, 0.29) is 6.61 Å². The number of ether oxygens (including phenoxy) is 1. The maximum absolute atomic E-state index is 12.6. The van der Waals surface area contributed by atoms with Crippen LogP contribution in [0.15, 0.2) is 30.3 Å². The van der Waals surface area contributed by atoms with Crippen LogP contribution in [0.25, 0.3) is 0 Å². The molecule has 0 aliphatic carbocycles. The predicted octanol–water partition coefficient (Wildman–Crippen LogP) is 1.52. The highest BCUT2D eigenvalue weighted by Crippen LogP contribution is 2.15. The Morgan fingerprint density at radius 2 is 1.79 bits per heavy atom. The molecule has 2 atom stereocenters. The molecule has 0 aromatic heterocycles. The Hall–Kier alpha value is -3.10. The van der Waals surface area contributed by atoms with Gasteiger partial charge >= 0.3 is 11.9 Å². The van der Waals surface area contributed by atoms with Gasteiger partial charge in [-0.25, -0.2) is 9.18 Å². The number of amides is 1. The van der Waals surface area contributed by atoms with Gasteiger partial charge in [-0.15, -0.1) is 0 Å². The van der Waals surface area contributed by atoms with E-state index in [4.69, 9.17) is 15.3 Å². The van der Waals surface area contributed by atoms with Crippen molar-refractivity contribution in [2.24, 2.45) is 11.8 Å². The lowest BCUT2D eigenvalue weighted by molar-refractivity contribution is -0.141. The van der Waals surface area contributed by atoms with Gasteiger partial charge in [0.05, 0.1) is 12.3 Å². The Bertz CT molecular complexity index is 735. The van der Waals surface area contributed by atoms with E-state index in [1.807, 2.05) is 0 Å². The van der Waals surface area contributed by atoms with Crippen molar-refractivity contribution in [2.45, 2.75) is 32.9 Å². The summed E-state index contributed by atoms with van der Waals surface area (Å²) >= 11 is 0. The number of carbonyl (C=O) groups is 4. The molecular weight excluding hydrogens is 371 g/mol. The molecule has 1 unspecified atom stereocenters. The molecule has 0 radical (unpaired) electrons. The van der Waals surface area contributed by atoms with Crippen molar-refractivity contribution >= 4 is 29.3 Å². The molecule has 28 heavy (non-hydrogen) atoms. The largest absolute Gasteiger partial charge is 0.481 e. The van der Waals surface area contributed by atoms with E-state index in [0.29, 0.717) is 5.56 Å². The van der Waals surface area contributed by atoms with Crippen molar-refractivity contribution in [1.29, 1.82) is 5.41 Å². The van der Waals surface area contributed by atoms with E-state index in [1.54, 1.807) is 44.2 Å². The molecule has 0 spiro atoms. The van der Waals surface area contributed by atoms with Gasteiger partial charge in [0.25, 0.3) is 0 Å². The zero-order chi connectivity index (χ0) is 21.3. The van der Waals surface area contributed by atoms with Crippen molar-refractivity contribution in [3.05, 3.63) is 35.9 Å². The van der Waals surface area contributed by atoms with E-state index < -0.39 is 60.3 Å². The molecule has 1 rings (SSSR count). The summed E-state index contributed by atoms with van der Waals surface area (Å²) in [4.78, 5) is 47.0. The second kappa shape index (κ2) is 10.9. The molecule has 0 saturated carbocycles. The first-order valence-electron chi connectivity index (χ1n) is 8.57. The molecule has 1 aromatic carbocycles. The summed E-state index contributed by atoms with van der Waals surface area (Å²) in [5, 5.41) is 19.0. The average molecular weight is 394 g/mol. The van der Waals surface area contributed by atoms with Crippen LogP contribution >= 0.6 is 0 Å². The summed E-state index contributed by atoms with van der Waals surface area (Å²) in [7, 11) is 0. The number of rotatable bonds is 11. The first kappa shape index (κ1) is 22.9. The molecule has 0 aliphatic heterocycles. The Labute approximate surface area is 161 Å². The number of hydrogen-bond donors (Lipinski definition) is 3. The van der Waals surface area contributed by atoms with Gasteiger partial charge in [0.15, 0.2) is 5.78 Å². The zero-order valence-corrected chi connectivity index (χ0v) is 15.6. The molecule has 0 aliphatic rings. The SMILES string of the molecule is CC(C)[C@H](C(=N)C(=O)OCc1ccccc1)C(=O)NC(CC(=O)O)C(=O)CF. The molecule has 152 valence electrons. The maximum Gasteiger partial charge on any atom is 0.353 e. The van der Waals surface area contributed by atoms with Crippen LogP contribution in [-0.2, 0) is 30.5 Å². The first-order chi connectivity index (χ1) is 13.2. The van der Waals surface area contributed by atoms with Crippen molar-refractivity contribution in [3.8, 4) is 0 Å². The van der Waals surface area contributed by atoms with E-state index in [2.05, 4.69) is 5.32 Å². The lowest BCUT2D eigenvalue weighted by atomic mass is 9.89. The van der Waals surface area contributed by atoms with Gasteiger partial charge in [-0.1, -0.05) is 44.2 Å². The number of nitrogens with one attached hydrogen (secondary N) is 2. The van der Waals surface area contributed by atoms with Crippen LogP contribution in [0, 0.1) is 17.2 Å². The molecule has 0 heterocycles. The zero-order valence-electron chi connectivity index (χ0n) is 15.6. The van der Waals surface area contributed by atoms with Gasteiger partial charge in [-0.2, -0.15) is 0 Å². The number of ketones is 1. The Morgan fingerprint density at radius 1 is 1.18 bits per heavy atom. The lowest BCUT2D eigenvalue weighted by Crippen LogP contribution is -2.49. The van der Waals surface area contributed by atoms with E-state index >= 15 is 0 Å². The topological polar surface area (TPSA) is 134 Å². The van der Waals surface area contributed by atoms with Crippen LogP contribution < -0.4 is 5.32 Å². The normalized spacial score (nSPS) is 12.7. The van der Waals surface area contributed by atoms with Crippen molar-refractivity contribution < 1.29 is 33.4 Å². The third kappa shape index (κ3) is 6.90. The molecule has 1 aromatic rings. The smallest absolute Gasteiger partial charge is 0.353 e. The number of aliphatic carboxylic acids is 1. The van der Waals surface area contributed by atoms with Gasteiger partial charge in [0.1, 0.15) is 25.0 Å². The van der Waals surface area contributed by atoms with Crippen LogP contribution in [0.2, 0.25) is 0 Å². The number of carbonyl (C=O) groups excluding carboxylic acids is 3. The minimum atomic E-state index is -1.58. The molecule has 9 heteroatoms. The number of carboxylic acid groups (broad SMARTS) is 1. The van der Waals surface area contributed by atoms with Gasteiger partial charge in [0.2, 0.25) is 5.91 Å². The molecule has 0 saturated heterocycles. The molecule has 0 bridgehead atoms. The first-order valence-corrected chi connectivity index (χ1v) is 8.57. The number of halogens is 1. The van der Waals surface area contributed by atoms with Crippen LogP contribution in [0.4, 0.5) is 4.39 Å². The fourth-order valence-electron chi connectivity index (χ4n) is 2.47. The predicted molar refractivity (Wildman–Crippen MR) is 97.5 cm³/mol. The summed E-state index contributed by atoms with van der Waals surface area (Å²) in [5.41, 5.74) is 0.0643. The number of esters is 1. The van der Waals surface area contributed by atoms with Crippen LogP contribution in [0.5, 0.6) is 0 Å². The highest BCUT2D eigenvalue weighted by Gasteiger charge is 2.34. The fourth-order valence-corrected chi connectivity index (χ4v) is 2.47. The molecular formula is C19H23FN2O6. The fraction of sp³-hybridized carbons (Fsp3) is 0.421. The van der Waals surface area contributed by atoms with Gasteiger partial charge in [-0.05, 0) is 11.5 Å². The van der Waals surface area contributed by atoms with E-state index in [1.165, 1.54) is 0 Å². The Kier molecular flexibility index (Phi) is 8.94. The lowest BCUT2D eigenvalue weighted by Gasteiger charge is -2.23. The molecule has 0 fully saturated rings.